The number of rotatable bonds is 5. The molecular formula is C18H17N3OS. The molecule has 0 saturated heterocycles. The summed E-state index contributed by atoms with van der Waals surface area (Å²) in [6, 6.07) is 17.4. The van der Waals surface area contributed by atoms with Crippen LogP contribution in [0, 0.1) is 0 Å². The molecule has 3 rings (SSSR count). The number of nitrogens with zero attached hydrogens (tertiary/aromatic N) is 2. The van der Waals surface area contributed by atoms with E-state index < -0.39 is 0 Å². The van der Waals surface area contributed by atoms with Crippen LogP contribution < -0.4 is 10.5 Å². The summed E-state index contributed by atoms with van der Waals surface area (Å²) in [6.45, 7) is 2.11. The van der Waals surface area contributed by atoms with Crippen molar-refractivity contribution in [3.63, 3.8) is 0 Å². The summed E-state index contributed by atoms with van der Waals surface area (Å²) in [7, 11) is 0. The number of para-hydroxylation sites is 1. The number of aromatic nitrogens is 2. The highest BCUT2D eigenvalue weighted by Gasteiger charge is 2.11. The zero-order chi connectivity index (χ0) is 16.1. The minimum atomic E-state index is 0.214. The van der Waals surface area contributed by atoms with Crippen molar-refractivity contribution in [2.45, 2.75) is 17.1 Å². The van der Waals surface area contributed by atoms with Crippen molar-refractivity contribution >= 4 is 17.6 Å². The van der Waals surface area contributed by atoms with Crippen LogP contribution in [0.25, 0.3) is 0 Å². The summed E-state index contributed by atoms with van der Waals surface area (Å²) in [4.78, 5) is 9.61. The Morgan fingerprint density at radius 1 is 1.04 bits per heavy atom. The monoisotopic (exact) mass is 323 g/mol. The molecule has 0 aliphatic rings. The van der Waals surface area contributed by atoms with Crippen molar-refractivity contribution < 1.29 is 4.74 Å². The van der Waals surface area contributed by atoms with E-state index in [0.29, 0.717) is 11.6 Å². The van der Waals surface area contributed by atoms with E-state index in [1.54, 1.807) is 24.2 Å². The van der Waals surface area contributed by atoms with Gasteiger partial charge >= 0.3 is 0 Å². The number of thioether (sulfide) groups is 1. The Bertz CT molecular complexity index is 766. The fourth-order valence-corrected chi connectivity index (χ4v) is 3.04. The van der Waals surface area contributed by atoms with Crippen molar-refractivity contribution in [2.75, 3.05) is 5.73 Å². The van der Waals surface area contributed by atoms with Crippen molar-refractivity contribution in [3.8, 4) is 11.5 Å². The van der Waals surface area contributed by atoms with Crippen molar-refractivity contribution in [2.24, 2.45) is 0 Å². The molecule has 2 heterocycles. The molecule has 0 fully saturated rings. The second-order valence-corrected chi connectivity index (χ2v) is 6.40. The Labute approximate surface area is 139 Å². The van der Waals surface area contributed by atoms with Crippen molar-refractivity contribution in [1.82, 2.24) is 9.97 Å². The first-order valence-corrected chi connectivity index (χ1v) is 8.16. The highest BCUT2D eigenvalue weighted by Crippen LogP contribution is 2.37. The standard InChI is InChI=1S/C18H17N3OS/c1-13(16-9-5-6-10-20-16)23-15-11-17(18(19)21-12-15)22-14-7-3-2-4-8-14/h2-13H,1H3,(H2,19,21). The maximum atomic E-state index is 5.92. The zero-order valence-electron chi connectivity index (χ0n) is 12.7. The summed E-state index contributed by atoms with van der Waals surface area (Å²) in [5, 5.41) is 0.214. The predicted octanol–water partition coefficient (Wildman–Crippen LogP) is 4.70. The fraction of sp³-hybridized carbons (Fsp3) is 0.111. The van der Waals surface area contributed by atoms with Gasteiger partial charge in [0.1, 0.15) is 5.75 Å². The lowest BCUT2D eigenvalue weighted by atomic mass is 10.3. The summed E-state index contributed by atoms with van der Waals surface area (Å²) < 4.78 is 5.82. The van der Waals surface area contributed by atoms with E-state index in [9.17, 15) is 0 Å². The number of hydrogen-bond donors (Lipinski definition) is 1. The third-order valence-corrected chi connectivity index (χ3v) is 4.34. The smallest absolute Gasteiger partial charge is 0.170 e. The SMILES string of the molecule is CC(Sc1cnc(N)c(Oc2ccccc2)c1)c1ccccn1. The van der Waals surface area contributed by atoms with Crippen LogP contribution in [-0.2, 0) is 0 Å². The summed E-state index contributed by atoms with van der Waals surface area (Å²) in [5.41, 5.74) is 6.95. The lowest BCUT2D eigenvalue weighted by Crippen LogP contribution is -1.97. The van der Waals surface area contributed by atoms with E-state index in [1.807, 2.05) is 54.6 Å². The molecule has 5 heteroatoms. The van der Waals surface area contributed by atoms with E-state index in [4.69, 9.17) is 10.5 Å². The van der Waals surface area contributed by atoms with E-state index >= 15 is 0 Å². The van der Waals surface area contributed by atoms with Crippen LogP contribution in [0.1, 0.15) is 17.9 Å². The molecular weight excluding hydrogens is 306 g/mol. The molecule has 0 radical (unpaired) electrons. The van der Waals surface area contributed by atoms with Crippen molar-refractivity contribution in [1.29, 1.82) is 0 Å². The van der Waals surface area contributed by atoms with E-state index in [-0.39, 0.29) is 5.25 Å². The Morgan fingerprint density at radius 2 is 1.83 bits per heavy atom. The van der Waals surface area contributed by atoms with Gasteiger partial charge in [-0.25, -0.2) is 4.98 Å². The van der Waals surface area contributed by atoms with Crippen molar-refractivity contribution in [3.05, 3.63) is 72.7 Å². The number of pyridine rings is 2. The number of benzene rings is 1. The predicted molar refractivity (Wildman–Crippen MR) is 93.7 cm³/mol. The van der Waals surface area contributed by atoms with Crippen LogP contribution in [0.4, 0.5) is 5.82 Å². The lowest BCUT2D eigenvalue weighted by Gasteiger charge is -2.12. The van der Waals surface area contributed by atoms with Gasteiger partial charge < -0.3 is 10.5 Å². The normalized spacial score (nSPS) is 11.9. The highest BCUT2D eigenvalue weighted by molar-refractivity contribution is 7.99. The van der Waals surface area contributed by atoms with Crippen LogP contribution in [0.15, 0.2) is 71.9 Å². The molecule has 3 aromatic rings. The van der Waals surface area contributed by atoms with Gasteiger partial charge in [0.25, 0.3) is 0 Å². The molecule has 0 amide bonds. The van der Waals surface area contributed by atoms with Gasteiger partial charge in [-0.05, 0) is 37.3 Å². The number of nitrogen functional groups attached to an aromatic ring is 1. The molecule has 0 spiro atoms. The van der Waals surface area contributed by atoms with Gasteiger partial charge in [0.15, 0.2) is 11.6 Å². The van der Waals surface area contributed by atoms with Gasteiger partial charge in [-0.2, -0.15) is 0 Å². The summed E-state index contributed by atoms with van der Waals surface area (Å²) in [5.74, 6) is 1.68. The Kier molecular flexibility index (Phi) is 4.78. The first-order chi connectivity index (χ1) is 11.2. The quantitative estimate of drug-likeness (QED) is 0.689. The Morgan fingerprint density at radius 3 is 2.57 bits per heavy atom. The number of ether oxygens (including phenoxy) is 1. The van der Waals surface area contributed by atoms with Crippen LogP contribution in [0.2, 0.25) is 0 Å². The van der Waals surface area contributed by atoms with E-state index in [1.165, 1.54) is 0 Å². The molecule has 0 saturated carbocycles. The number of nitrogens with two attached hydrogens (primary N) is 1. The van der Waals surface area contributed by atoms with Crippen LogP contribution >= 0.6 is 11.8 Å². The molecule has 0 bridgehead atoms. The minimum absolute atomic E-state index is 0.214. The average Bonchev–Trinajstić information content (AvgIpc) is 2.59. The van der Waals surface area contributed by atoms with Crippen LogP contribution in [0.5, 0.6) is 11.5 Å². The molecule has 2 aromatic heterocycles. The lowest BCUT2D eigenvalue weighted by molar-refractivity contribution is 0.481. The van der Waals surface area contributed by atoms with Gasteiger partial charge in [-0.1, -0.05) is 24.3 Å². The zero-order valence-corrected chi connectivity index (χ0v) is 13.5. The highest BCUT2D eigenvalue weighted by atomic mass is 32.2. The number of anilines is 1. The third-order valence-electron chi connectivity index (χ3n) is 3.24. The van der Waals surface area contributed by atoms with Gasteiger partial charge in [0.05, 0.1) is 5.69 Å². The first-order valence-electron chi connectivity index (χ1n) is 7.28. The second kappa shape index (κ2) is 7.15. The third kappa shape index (κ3) is 4.02. The maximum Gasteiger partial charge on any atom is 0.170 e. The van der Waals surface area contributed by atoms with Crippen LogP contribution in [-0.4, -0.2) is 9.97 Å². The molecule has 4 nitrogen and oxygen atoms in total. The van der Waals surface area contributed by atoms with Gasteiger partial charge in [-0.15, -0.1) is 11.8 Å². The van der Waals surface area contributed by atoms with E-state index in [2.05, 4.69) is 16.9 Å². The van der Waals surface area contributed by atoms with Gasteiger partial charge in [0, 0.05) is 22.5 Å². The van der Waals surface area contributed by atoms with E-state index in [0.717, 1.165) is 16.3 Å². The molecule has 2 N–H and O–H groups in total. The van der Waals surface area contributed by atoms with Gasteiger partial charge in [0.2, 0.25) is 0 Å². The topological polar surface area (TPSA) is 61.0 Å². The van der Waals surface area contributed by atoms with Gasteiger partial charge in [-0.3, -0.25) is 4.98 Å². The molecule has 1 unspecified atom stereocenters. The molecule has 116 valence electrons. The summed E-state index contributed by atoms with van der Waals surface area (Å²) >= 11 is 1.67. The average molecular weight is 323 g/mol. The fourth-order valence-electron chi connectivity index (χ4n) is 2.08. The Hall–Kier alpha value is -2.53. The second-order valence-electron chi connectivity index (χ2n) is 4.98. The Balaban J connectivity index is 1.77. The molecule has 0 aliphatic heterocycles. The summed E-state index contributed by atoms with van der Waals surface area (Å²) in [6.07, 6.45) is 3.56. The number of hydrogen-bond acceptors (Lipinski definition) is 5. The molecule has 1 aromatic carbocycles. The largest absolute Gasteiger partial charge is 0.453 e. The maximum absolute atomic E-state index is 5.92. The molecule has 1 atom stereocenters. The van der Waals surface area contributed by atoms with Crippen LogP contribution in [0.3, 0.4) is 0 Å². The molecule has 23 heavy (non-hydrogen) atoms. The first kappa shape index (κ1) is 15.4. The molecule has 0 aliphatic carbocycles. The minimum Gasteiger partial charge on any atom is -0.453 e.